The number of benzene rings is 1. The van der Waals surface area contributed by atoms with Gasteiger partial charge in [0.2, 0.25) is 5.91 Å². The molecule has 1 aliphatic carbocycles. The van der Waals surface area contributed by atoms with Gasteiger partial charge in [-0.25, -0.2) is 4.79 Å². The number of rotatable bonds is 6. The lowest BCUT2D eigenvalue weighted by Gasteiger charge is -2.22. The van der Waals surface area contributed by atoms with Crippen LogP contribution in [0.25, 0.3) is 10.9 Å². The number of nitrogens with one attached hydrogen (secondary N) is 3. The van der Waals surface area contributed by atoms with Crippen molar-refractivity contribution in [2.24, 2.45) is 5.92 Å². The van der Waals surface area contributed by atoms with Crippen LogP contribution in [0.15, 0.2) is 30.5 Å². The molecule has 1 aromatic heterocycles. The number of para-hydroxylation sites is 1. The van der Waals surface area contributed by atoms with E-state index in [9.17, 15) is 14.4 Å². The van der Waals surface area contributed by atoms with Gasteiger partial charge in [-0.15, -0.1) is 0 Å². The van der Waals surface area contributed by atoms with Crippen molar-refractivity contribution in [3.05, 3.63) is 36.0 Å². The SMILES string of the molecule is O=C(CN1C(=O)N[C@H](Cc2c[nH]c3ccccc23)C1=O)NCC1CCCCC1. The summed E-state index contributed by atoms with van der Waals surface area (Å²) in [6.45, 7) is 0.406. The number of aromatic amines is 1. The van der Waals surface area contributed by atoms with Crippen LogP contribution in [0, 0.1) is 5.92 Å². The number of urea groups is 1. The molecule has 2 heterocycles. The Labute approximate surface area is 163 Å². The highest BCUT2D eigenvalue weighted by Gasteiger charge is 2.39. The Morgan fingerprint density at radius 3 is 2.75 bits per heavy atom. The quantitative estimate of drug-likeness (QED) is 0.669. The lowest BCUT2D eigenvalue weighted by atomic mass is 9.89. The van der Waals surface area contributed by atoms with Crippen molar-refractivity contribution in [3.8, 4) is 0 Å². The van der Waals surface area contributed by atoms with Crippen molar-refractivity contribution in [2.45, 2.75) is 44.6 Å². The van der Waals surface area contributed by atoms with Crippen molar-refractivity contribution < 1.29 is 14.4 Å². The topological polar surface area (TPSA) is 94.3 Å². The van der Waals surface area contributed by atoms with Gasteiger partial charge in [-0.1, -0.05) is 37.5 Å². The summed E-state index contributed by atoms with van der Waals surface area (Å²) in [6.07, 6.45) is 8.22. The number of amides is 4. The predicted octanol–water partition coefficient (Wildman–Crippen LogP) is 2.33. The predicted molar refractivity (Wildman–Crippen MR) is 106 cm³/mol. The molecule has 1 saturated heterocycles. The van der Waals surface area contributed by atoms with Gasteiger partial charge in [0.05, 0.1) is 0 Å². The van der Waals surface area contributed by atoms with Crippen molar-refractivity contribution in [1.82, 2.24) is 20.5 Å². The van der Waals surface area contributed by atoms with Crippen molar-refractivity contribution >= 4 is 28.7 Å². The van der Waals surface area contributed by atoms with Gasteiger partial charge in [0, 0.05) is 30.1 Å². The molecule has 0 spiro atoms. The van der Waals surface area contributed by atoms with Gasteiger partial charge in [-0.2, -0.15) is 0 Å². The summed E-state index contributed by atoms with van der Waals surface area (Å²) < 4.78 is 0. The lowest BCUT2D eigenvalue weighted by molar-refractivity contribution is -0.132. The zero-order valence-corrected chi connectivity index (χ0v) is 15.9. The number of nitrogens with zero attached hydrogens (tertiary/aromatic N) is 1. The molecule has 2 aliphatic rings. The number of carbonyl (C=O) groups excluding carboxylic acids is 3. The molecule has 0 bridgehead atoms. The number of hydrogen-bond acceptors (Lipinski definition) is 3. The number of aromatic nitrogens is 1. The smallest absolute Gasteiger partial charge is 0.325 e. The summed E-state index contributed by atoms with van der Waals surface area (Å²) in [4.78, 5) is 41.3. The third-order valence-corrected chi connectivity index (χ3v) is 5.82. The second-order valence-electron chi connectivity index (χ2n) is 7.80. The Balaban J connectivity index is 1.33. The molecule has 4 amide bonds. The molecule has 28 heavy (non-hydrogen) atoms. The lowest BCUT2D eigenvalue weighted by Crippen LogP contribution is -2.42. The fourth-order valence-corrected chi connectivity index (χ4v) is 4.23. The summed E-state index contributed by atoms with van der Waals surface area (Å²) >= 11 is 0. The van der Waals surface area contributed by atoms with E-state index in [-0.39, 0.29) is 18.4 Å². The van der Waals surface area contributed by atoms with Gasteiger partial charge in [0.1, 0.15) is 12.6 Å². The fraction of sp³-hybridized carbons (Fsp3) is 0.476. The molecule has 7 heteroatoms. The first-order valence-corrected chi connectivity index (χ1v) is 10.1. The maximum atomic E-state index is 12.7. The minimum Gasteiger partial charge on any atom is -0.361 e. The van der Waals surface area contributed by atoms with Gasteiger partial charge in [-0.05, 0) is 30.4 Å². The Morgan fingerprint density at radius 2 is 1.93 bits per heavy atom. The Kier molecular flexibility index (Phi) is 5.32. The summed E-state index contributed by atoms with van der Waals surface area (Å²) in [6, 6.07) is 6.70. The van der Waals surface area contributed by atoms with Crippen LogP contribution in [0.4, 0.5) is 4.79 Å². The summed E-state index contributed by atoms with van der Waals surface area (Å²) in [5.41, 5.74) is 1.96. The third-order valence-electron chi connectivity index (χ3n) is 5.82. The highest BCUT2D eigenvalue weighted by atomic mass is 16.2. The molecule has 1 aliphatic heterocycles. The highest BCUT2D eigenvalue weighted by molar-refractivity contribution is 6.06. The first-order valence-electron chi connectivity index (χ1n) is 10.1. The second-order valence-corrected chi connectivity index (χ2v) is 7.80. The Hall–Kier alpha value is -2.83. The first-order chi connectivity index (χ1) is 13.6. The van der Waals surface area contributed by atoms with E-state index in [0.29, 0.717) is 18.9 Å². The number of hydrogen-bond donors (Lipinski definition) is 3. The molecule has 7 nitrogen and oxygen atoms in total. The van der Waals surface area contributed by atoms with Crippen LogP contribution < -0.4 is 10.6 Å². The molecule has 1 saturated carbocycles. The minimum absolute atomic E-state index is 0.220. The summed E-state index contributed by atoms with van der Waals surface area (Å²) in [5.74, 6) is -0.111. The van der Waals surface area contributed by atoms with Crippen LogP contribution in [0.2, 0.25) is 0 Å². The highest BCUT2D eigenvalue weighted by Crippen LogP contribution is 2.23. The van der Waals surface area contributed by atoms with Gasteiger partial charge in [0.25, 0.3) is 5.91 Å². The third kappa shape index (κ3) is 3.88. The van der Waals surface area contributed by atoms with E-state index < -0.39 is 12.1 Å². The molecular weight excluding hydrogens is 356 g/mol. The van der Waals surface area contributed by atoms with E-state index in [2.05, 4.69) is 15.6 Å². The molecule has 0 radical (unpaired) electrons. The molecule has 0 unspecified atom stereocenters. The average Bonchev–Trinajstić information content (AvgIpc) is 3.24. The van der Waals surface area contributed by atoms with Crippen LogP contribution in [-0.4, -0.2) is 46.9 Å². The standard InChI is InChI=1S/C21H26N4O3/c26-19(23-11-14-6-2-1-3-7-14)13-25-20(27)18(24-21(25)28)10-15-12-22-17-9-5-4-8-16(15)17/h4-5,8-9,12,14,18,22H,1-3,6-7,10-11,13H2,(H,23,26)(H,24,28)/t18-/m1/s1. The van der Waals surface area contributed by atoms with E-state index in [1.165, 1.54) is 19.3 Å². The van der Waals surface area contributed by atoms with Gasteiger partial charge < -0.3 is 15.6 Å². The van der Waals surface area contributed by atoms with E-state index >= 15 is 0 Å². The molecule has 1 atom stereocenters. The zero-order valence-electron chi connectivity index (χ0n) is 15.9. The molecule has 1 aromatic carbocycles. The molecule has 4 rings (SSSR count). The first kappa shape index (κ1) is 18.5. The zero-order chi connectivity index (χ0) is 19.5. The van der Waals surface area contributed by atoms with Crippen LogP contribution in [-0.2, 0) is 16.0 Å². The normalized spacial score (nSPS) is 20.6. The van der Waals surface area contributed by atoms with E-state index in [1.54, 1.807) is 0 Å². The molecule has 2 fully saturated rings. The van der Waals surface area contributed by atoms with E-state index in [1.807, 2.05) is 30.5 Å². The van der Waals surface area contributed by atoms with E-state index in [0.717, 1.165) is 34.2 Å². The number of imide groups is 1. The monoisotopic (exact) mass is 382 g/mol. The number of carbonyl (C=O) groups is 3. The number of H-pyrrole nitrogens is 1. The van der Waals surface area contributed by atoms with Gasteiger partial charge in [0.15, 0.2) is 0 Å². The average molecular weight is 382 g/mol. The molecular formula is C21H26N4O3. The summed E-state index contributed by atoms with van der Waals surface area (Å²) in [5, 5.41) is 6.63. The Bertz CT molecular complexity index is 885. The van der Waals surface area contributed by atoms with Crippen LogP contribution in [0.5, 0.6) is 0 Å². The van der Waals surface area contributed by atoms with E-state index in [4.69, 9.17) is 0 Å². The number of fused-ring (bicyclic) bond motifs is 1. The second kappa shape index (κ2) is 8.04. The summed E-state index contributed by atoms with van der Waals surface area (Å²) in [7, 11) is 0. The van der Waals surface area contributed by atoms with Crippen LogP contribution in [0.3, 0.4) is 0 Å². The van der Waals surface area contributed by atoms with Crippen molar-refractivity contribution in [3.63, 3.8) is 0 Å². The van der Waals surface area contributed by atoms with Crippen LogP contribution >= 0.6 is 0 Å². The van der Waals surface area contributed by atoms with Crippen molar-refractivity contribution in [2.75, 3.05) is 13.1 Å². The Morgan fingerprint density at radius 1 is 1.14 bits per heavy atom. The fourth-order valence-electron chi connectivity index (χ4n) is 4.23. The van der Waals surface area contributed by atoms with Gasteiger partial charge in [-0.3, -0.25) is 14.5 Å². The van der Waals surface area contributed by atoms with Crippen molar-refractivity contribution in [1.29, 1.82) is 0 Å². The molecule has 148 valence electrons. The molecule has 3 N–H and O–H groups in total. The maximum absolute atomic E-state index is 12.7. The van der Waals surface area contributed by atoms with Gasteiger partial charge >= 0.3 is 6.03 Å². The largest absolute Gasteiger partial charge is 0.361 e. The van der Waals surface area contributed by atoms with Crippen LogP contribution in [0.1, 0.15) is 37.7 Å². The minimum atomic E-state index is -0.641. The maximum Gasteiger partial charge on any atom is 0.325 e. The molecule has 2 aromatic rings.